The second-order valence-electron chi connectivity index (χ2n) is 12.2. The maximum Gasteiger partial charge on any atom is 0.168 e. The lowest BCUT2D eigenvalue weighted by Gasteiger charge is -2.40. The second-order valence-corrected chi connectivity index (χ2v) is 17.3. The third kappa shape index (κ3) is 4.01. The lowest BCUT2D eigenvalue weighted by molar-refractivity contribution is 0.289. The van der Waals surface area contributed by atoms with Crippen molar-refractivity contribution in [2.75, 3.05) is 24.8 Å². The summed E-state index contributed by atoms with van der Waals surface area (Å²) in [5.74, 6) is -1.82. The molecule has 44 heavy (non-hydrogen) atoms. The maximum absolute atomic E-state index is 14.3. The van der Waals surface area contributed by atoms with E-state index in [1.165, 1.54) is 38.1 Å². The van der Waals surface area contributed by atoms with E-state index in [9.17, 15) is 34.4 Å². The van der Waals surface area contributed by atoms with E-state index in [1.807, 2.05) is 0 Å². The van der Waals surface area contributed by atoms with E-state index >= 15 is 0 Å². The predicted molar refractivity (Wildman–Crippen MR) is 161 cm³/mol. The van der Waals surface area contributed by atoms with Crippen LogP contribution in [0, 0.1) is 11.6 Å². The van der Waals surface area contributed by atoms with Gasteiger partial charge in [-0.1, -0.05) is 0 Å². The molecule has 2 saturated heterocycles. The van der Waals surface area contributed by atoms with Crippen molar-refractivity contribution >= 4 is 42.7 Å². The third-order valence-corrected chi connectivity index (χ3v) is 16.0. The molecular weight excluding hydrogens is 624 g/mol. The van der Waals surface area contributed by atoms with Gasteiger partial charge in [0.1, 0.15) is 57.2 Å². The molecule has 4 aliphatic heterocycles. The van der Waals surface area contributed by atoms with Crippen molar-refractivity contribution in [3.8, 4) is 0 Å². The van der Waals surface area contributed by atoms with E-state index in [0.29, 0.717) is 0 Å². The van der Waals surface area contributed by atoms with Crippen LogP contribution in [0.1, 0.15) is 50.7 Å². The molecule has 8 N–H and O–H groups in total. The van der Waals surface area contributed by atoms with Gasteiger partial charge in [0, 0.05) is 22.5 Å². The van der Waals surface area contributed by atoms with Crippen LogP contribution >= 0.6 is 0 Å². The fraction of sp³-hybridized carbons (Fsp3) is 0.500. The highest BCUT2D eigenvalue weighted by atomic mass is 32.2. The zero-order valence-electron chi connectivity index (χ0n) is 24.0. The Hall–Kier alpha value is -3.40. The summed E-state index contributed by atoms with van der Waals surface area (Å²) in [5.41, 5.74) is 19.4. The topological polar surface area (TPSA) is 197 Å². The largest absolute Gasteiger partial charge is 0.399 e. The molecular formula is C28H34F4N6O4S2. The first-order valence-electron chi connectivity index (χ1n) is 13.8. The summed E-state index contributed by atoms with van der Waals surface area (Å²) >= 11 is 0. The van der Waals surface area contributed by atoms with Gasteiger partial charge < -0.3 is 22.9 Å². The first-order valence-corrected chi connectivity index (χ1v) is 16.9. The molecule has 6 rings (SSSR count). The molecule has 0 aromatic heterocycles. The van der Waals surface area contributed by atoms with Crippen LogP contribution in [-0.2, 0) is 30.8 Å². The van der Waals surface area contributed by atoms with Crippen molar-refractivity contribution in [3.05, 3.63) is 59.2 Å². The molecule has 10 nitrogen and oxygen atoms in total. The van der Waals surface area contributed by atoms with Gasteiger partial charge >= 0.3 is 0 Å². The normalized spacial score (nSPS) is 36.1. The Labute approximate surface area is 252 Å². The molecule has 4 aliphatic rings. The van der Waals surface area contributed by atoms with Gasteiger partial charge in [-0.3, -0.25) is 9.98 Å². The minimum Gasteiger partial charge on any atom is -0.399 e. The molecule has 0 amide bonds. The van der Waals surface area contributed by atoms with Gasteiger partial charge in [0.05, 0.1) is 10.5 Å². The van der Waals surface area contributed by atoms with E-state index in [2.05, 4.69) is 9.98 Å². The molecule has 2 aromatic rings. The number of fused-ring (bicyclic) bond motifs is 4. The lowest BCUT2D eigenvalue weighted by Crippen LogP contribution is -2.57. The minimum absolute atomic E-state index is 0.157. The Balaban J connectivity index is 0.000000175. The number of aliphatic imine (C=N–C) groups is 2. The van der Waals surface area contributed by atoms with E-state index < -0.39 is 75.7 Å². The van der Waals surface area contributed by atoms with Crippen molar-refractivity contribution in [2.24, 2.45) is 21.5 Å². The molecule has 16 heteroatoms. The summed E-state index contributed by atoms with van der Waals surface area (Å²) in [6, 6.07) is 7.30. The van der Waals surface area contributed by atoms with Crippen molar-refractivity contribution in [1.29, 1.82) is 0 Å². The first-order chi connectivity index (χ1) is 20.4. The summed E-state index contributed by atoms with van der Waals surface area (Å²) in [6.45, 7) is 0.653. The van der Waals surface area contributed by atoms with Gasteiger partial charge in [0.15, 0.2) is 19.7 Å². The Morgan fingerprint density at radius 3 is 1.36 bits per heavy atom. The van der Waals surface area contributed by atoms with Crippen LogP contribution in [0.4, 0.5) is 28.9 Å². The van der Waals surface area contributed by atoms with Crippen molar-refractivity contribution in [2.45, 2.75) is 70.6 Å². The van der Waals surface area contributed by atoms with Crippen LogP contribution < -0.4 is 22.9 Å². The van der Waals surface area contributed by atoms with E-state index in [4.69, 9.17) is 22.9 Å². The van der Waals surface area contributed by atoms with Crippen molar-refractivity contribution in [1.82, 2.24) is 0 Å². The number of amidine groups is 2. The van der Waals surface area contributed by atoms with Crippen LogP contribution in [-0.4, -0.2) is 61.8 Å². The summed E-state index contributed by atoms with van der Waals surface area (Å²) in [5, 5.41) is -2.28. The van der Waals surface area contributed by atoms with Gasteiger partial charge in [-0.15, -0.1) is 0 Å². The van der Waals surface area contributed by atoms with Gasteiger partial charge in [0.2, 0.25) is 0 Å². The number of hydrogen-bond donors (Lipinski definition) is 4. The highest BCUT2D eigenvalue weighted by Gasteiger charge is 2.66. The zero-order valence-corrected chi connectivity index (χ0v) is 25.7. The molecule has 0 saturated carbocycles. The van der Waals surface area contributed by atoms with Gasteiger partial charge in [-0.25, -0.2) is 34.4 Å². The van der Waals surface area contributed by atoms with Crippen LogP contribution in [0.5, 0.6) is 0 Å². The lowest BCUT2D eigenvalue weighted by atomic mass is 9.86. The van der Waals surface area contributed by atoms with E-state index in [-0.39, 0.29) is 59.9 Å². The third-order valence-electron chi connectivity index (χ3n) is 9.88. The van der Waals surface area contributed by atoms with Crippen LogP contribution in [0.2, 0.25) is 0 Å². The summed E-state index contributed by atoms with van der Waals surface area (Å²) in [7, 11) is -7.56. The van der Waals surface area contributed by atoms with Gasteiger partial charge in [-0.2, -0.15) is 0 Å². The molecule has 4 bridgehead atoms. The highest BCUT2D eigenvalue weighted by molar-refractivity contribution is 7.95. The number of rotatable bonds is 4. The number of benzene rings is 2. The molecule has 6 atom stereocenters. The average Bonchev–Trinajstić information content (AvgIpc) is 3.25. The van der Waals surface area contributed by atoms with E-state index in [1.54, 1.807) is 0 Å². The number of nitrogens with zero attached hydrogens (tertiary/aromatic N) is 2. The molecule has 240 valence electrons. The molecule has 0 unspecified atom stereocenters. The number of hydrogen-bond acceptors (Lipinski definition) is 10. The monoisotopic (exact) mass is 658 g/mol. The molecule has 0 radical (unpaired) electrons. The second kappa shape index (κ2) is 10.1. The smallest absolute Gasteiger partial charge is 0.168 e. The van der Waals surface area contributed by atoms with Gasteiger partial charge in [-0.05, 0) is 75.9 Å². The van der Waals surface area contributed by atoms with Crippen LogP contribution in [0.25, 0.3) is 0 Å². The summed E-state index contributed by atoms with van der Waals surface area (Å²) in [4.78, 5) is 8.28. The number of nitrogen functional groups attached to an aromatic ring is 2. The highest BCUT2D eigenvalue weighted by Crippen LogP contribution is 2.53. The molecule has 2 aromatic carbocycles. The Morgan fingerprint density at radius 1 is 0.705 bits per heavy atom. The molecule has 4 heterocycles. The number of anilines is 2. The SMILES string of the molecule is C[C@@]12CC[C@@H]([C@](CF)(c3cc(N)ccc3F)N=C1N)S2(=O)=O.C[C@]12CC[C@H]([C@@](CF)(c3cc(N)ccc3F)N=C1N)S2(=O)=O. The summed E-state index contributed by atoms with van der Waals surface area (Å²) in [6.07, 6.45) is 0.865. The fourth-order valence-corrected chi connectivity index (χ4v) is 12.1. The quantitative estimate of drug-likeness (QED) is 0.284. The maximum atomic E-state index is 14.3. The van der Waals surface area contributed by atoms with Gasteiger partial charge in [0.25, 0.3) is 0 Å². The average molecular weight is 659 g/mol. The van der Waals surface area contributed by atoms with Crippen LogP contribution in [0.15, 0.2) is 46.4 Å². The number of alkyl halides is 2. The van der Waals surface area contributed by atoms with E-state index in [0.717, 1.165) is 12.1 Å². The summed E-state index contributed by atoms with van der Waals surface area (Å²) < 4.78 is 105. The zero-order chi connectivity index (χ0) is 32.7. The molecule has 2 fully saturated rings. The predicted octanol–water partition coefficient (Wildman–Crippen LogP) is 2.56. The fourth-order valence-electron chi connectivity index (χ4n) is 6.98. The number of halogens is 4. The standard InChI is InChI=1S/2C14H17F2N3O2S/c2*1-13-5-4-11(22(13,20)21)14(7-15,19-12(13)18)9-6-8(17)2-3-10(9)16/h2*2-3,6,11H,4-5,7,17H2,1H3,(H2,18,19)/t2*11-,13+,14-/m10/s1. The molecule has 0 aliphatic carbocycles. The Bertz CT molecular complexity index is 1690. The number of sulfone groups is 2. The molecule has 0 spiro atoms. The van der Waals surface area contributed by atoms with Crippen LogP contribution in [0.3, 0.4) is 0 Å². The number of nitrogens with two attached hydrogens (primary N) is 4. The first kappa shape index (κ1) is 32.0. The minimum atomic E-state index is -3.78. The van der Waals surface area contributed by atoms with Crippen molar-refractivity contribution in [3.63, 3.8) is 0 Å². The Morgan fingerprint density at radius 2 is 1.05 bits per heavy atom. The Kier molecular flexibility index (Phi) is 7.31. The van der Waals surface area contributed by atoms with Crippen molar-refractivity contribution < 1.29 is 34.4 Å².